The molecule has 4 N–H and O–H groups in total. The van der Waals surface area contributed by atoms with Crippen LogP contribution in [0.3, 0.4) is 0 Å². The third-order valence-electron chi connectivity index (χ3n) is 13.0. The molecule has 0 aromatic heterocycles. The standard InChI is InChI=1S/C40H69N5O6S/c1-9-17-28(25-31(46)41-24-10-2)42-34(47)32-29-18-23-38(6,7)30(29)26-45(32)35(48)33(39(8)19-13-11-14-20-39)43-36(49)44-40(21-15-12-16-22-40)27-52(50,51)37(3,4)5/h10,28-30,32-33H,2,9,11-27H2,1,3-8H3,(H,41,46)(H,42,47)(H2,43,44,49)/t28?,29-,30-,32-,33+/m0/s1. The van der Waals surface area contributed by atoms with Crippen LogP contribution in [0.5, 0.6) is 0 Å². The fourth-order valence-electron chi connectivity index (χ4n) is 9.60. The van der Waals surface area contributed by atoms with E-state index >= 15 is 4.79 Å². The molecule has 296 valence electrons. The number of fused-ring (bicyclic) bond motifs is 1. The Morgan fingerprint density at radius 2 is 1.54 bits per heavy atom. The van der Waals surface area contributed by atoms with Crippen LogP contribution in [0.2, 0.25) is 0 Å². The van der Waals surface area contributed by atoms with E-state index < -0.39 is 43.7 Å². The molecule has 1 saturated heterocycles. The summed E-state index contributed by atoms with van der Waals surface area (Å²) in [5.74, 6) is -0.708. The first-order valence-corrected chi connectivity index (χ1v) is 21.7. The molecule has 4 rings (SSSR count). The van der Waals surface area contributed by atoms with Crippen molar-refractivity contribution in [2.24, 2.45) is 22.7 Å². The van der Waals surface area contributed by atoms with Crippen molar-refractivity contribution in [2.75, 3.05) is 18.8 Å². The van der Waals surface area contributed by atoms with Gasteiger partial charge in [0.1, 0.15) is 12.1 Å². The number of rotatable bonds is 14. The van der Waals surface area contributed by atoms with Crippen LogP contribution in [0, 0.1) is 22.7 Å². The van der Waals surface area contributed by atoms with E-state index in [1.165, 1.54) is 0 Å². The Balaban J connectivity index is 1.64. The predicted octanol–water partition coefficient (Wildman–Crippen LogP) is 5.78. The Labute approximate surface area is 313 Å². The van der Waals surface area contributed by atoms with Crippen LogP contribution in [-0.4, -0.2) is 84.3 Å². The minimum absolute atomic E-state index is 0.0300. The van der Waals surface area contributed by atoms with Gasteiger partial charge in [0.15, 0.2) is 9.84 Å². The molecule has 5 atom stereocenters. The summed E-state index contributed by atoms with van der Waals surface area (Å²) in [7, 11) is -3.55. The van der Waals surface area contributed by atoms with E-state index in [-0.39, 0.29) is 53.2 Å². The molecule has 3 saturated carbocycles. The smallest absolute Gasteiger partial charge is 0.315 e. The van der Waals surface area contributed by atoms with Crippen molar-refractivity contribution in [1.82, 2.24) is 26.2 Å². The molecule has 12 heteroatoms. The average Bonchev–Trinajstić information content (AvgIpc) is 3.59. The van der Waals surface area contributed by atoms with Gasteiger partial charge in [-0.15, -0.1) is 6.58 Å². The summed E-state index contributed by atoms with van der Waals surface area (Å²) >= 11 is 0. The summed E-state index contributed by atoms with van der Waals surface area (Å²) in [6.45, 7) is 18.0. The predicted molar refractivity (Wildman–Crippen MR) is 206 cm³/mol. The van der Waals surface area contributed by atoms with Crippen molar-refractivity contribution in [3.63, 3.8) is 0 Å². The molecule has 1 unspecified atom stereocenters. The molecule has 4 aliphatic rings. The third kappa shape index (κ3) is 9.72. The molecule has 11 nitrogen and oxygen atoms in total. The van der Waals surface area contributed by atoms with Gasteiger partial charge in [-0.25, -0.2) is 13.2 Å². The summed E-state index contributed by atoms with van der Waals surface area (Å²) in [4.78, 5) is 58.1. The number of carbonyl (C=O) groups is 4. The Bertz CT molecular complexity index is 1410. The highest BCUT2D eigenvalue weighted by Crippen LogP contribution is 2.53. The first-order chi connectivity index (χ1) is 24.3. The molecular weight excluding hydrogens is 679 g/mol. The SMILES string of the molecule is C=CCNC(=O)CC(CCC)NC(=O)[C@@H]1[C@H]2CCC(C)(C)[C@H]2CN1C(=O)[C@@H](NC(=O)NC1(CS(=O)(=O)C(C)(C)C)CCCCC1)C1(C)CCCCC1. The highest BCUT2D eigenvalue weighted by atomic mass is 32.2. The minimum atomic E-state index is -3.55. The maximum atomic E-state index is 15.1. The fourth-order valence-corrected chi connectivity index (χ4v) is 11.1. The summed E-state index contributed by atoms with van der Waals surface area (Å²) in [6, 6.07) is -2.50. The van der Waals surface area contributed by atoms with Crippen molar-refractivity contribution < 1.29 is 27.6 Å². The number of nitrogens with one attached hydrogen (secondary N) is 4. The Kier molecular flexibility index (Phi) is 13.6. The fraction of sp³-hybridized carbons (Fsp3) is 0.850. The number of hydrogen-bond acceptors (Lipinski definition) is 6. The summed E-state index contributed by atoms with van der Waals surface area (Å²) in [5, 5.41) is 12.2. The van der Waals surface area contributed by atoms with E-state index in [1.807, 2.05) is 6.92 Å². The van der Waals surface area contributed by atoms with Crippen molar-refractivity contribution in [2.45, 2.75) is 173 Å². The average molecular weight is 748 g/mol. The van der Waals surface area contributed by atoms with Gasteiger partial charge in [0.2, 0.25) is 17.7 Å². The summed E-state index contributed by atoms with van der Waals surface area (Å²) in [6.07, 6.45) is 13.1. The number of urea groups is 1. The lowest BCUT2D eigenvalue weighted by atomic mass is 9.70. The molecule has 5 amide bonds. The van der Waals surface area contributed by atoms with Gasteiger partial charge >= 0.3 is 6.03 Å². The van der Waals surface area contributed by atoms with Crippen molar-refractivity contribution in [3.05, 3.63) is 12.7 Å². The van der Waals surface area contributed by atoms with Crippen LogP contribution >= 0.6 is 0 Å². The number of sulfone groups is 1. The van der Waals surface area contributed by atoms with E-state index in [0.717, 1.165) is 70.6 Å². The largest absolute Gasteiger partial charge is 0.353 e. The van der Waals surface area contributed by atoms with Crippen LogP contribution < -0.4 is 21.3 Å². The molecule has 4 fully saturated rings. The number of amides is 5. The molecule has 0 spiro atoms. The number of carbonyl (C=O) groups excluding carboxylic acids is 4. The van der Waals surface area contributed by atoms with Crippen molar-refractivity contribution in [3.8, 4) is 0 Å². The van der Waals surface area contributed by atoms with Crippen LogP contribution in [-0.2, 0) is 24.2 Å². The summed E-state index contributed by atoms with van der Waals surface area (Å²) in [5.41, 5.74) is -1.52. The normalized spacial score (nSPS) is 26.4. The van der Waals surface area contributed by atoms with Crippen molar-refractivity contribution in [1.29, 1.82) is 0 Å². The molecule has 0 bridgehead atoms. The van der Waals surface area contributed by atoms with E-state index in [9.17, 15) is 22.8 Å². The van der Waals surface area contributed by atoms with Crippen LogP contribution in [0.1, 0.15) is 145 Å². The van der Waals surface area contributed by atoms with Gasteiger partial charge in [-0.1, -0.05) is 78.7 Å². The number of likely N-dealkylation sites (tertiary alicyclic amines) is 1. The van der Waals surface area contributed by atoms with E-state index in [1.54, 1.807) is 31.7 Å². The molecule has 0 radical (unpaired) electrons. The highest BCUT2D eigenvalue weighted by Gasteiger charge is 2.58. The Morgan fingerprint density at radius 1 is 0.923 bits per heavy atom. The van der Waals surface area contributed by atoms with Crippen LogP contribution in [0.25, 0.3) is 0 Å². The van der Waals surface area contributed by atoms with E-state index in [0.29, 0.717) is 32.4 Å². The molecule has 52 heavy (non-hydrogen) atoms. The number of nitrogens with zero attached hydrogens (tertiary/aromatic N) is 1. The molecule has 0 aromatic rings. The lowest BCUT2D eigenvalue weighted by molar-refractivity contribution is -0.144. The zero-order chi connectivity index (χ0) is 38.5. The third-order valence-corrected chi connectivity index (χ3v) is 15.8. The van der Waals surface area contributed by atoms with Gasteiger partial charge in [-0.3, -0.25) is 14.4 Å². The lowest BCUT2D eigenvalue weighted by Gasteiger charge is -2.44. The van der Waals surface area contributed by atoms with Crippen LogP contribution in [0.4, 0.5) is 4.79 Å². The Morgan fingerprint density at radius 3 is 2.12 bits per heavy atom. The molecule has 1 heterocycles. The molecule has 1 aliphatic heterocycles. The second-order valence-electron chi connectivity index (χ2n) is 18.5. The van der Waals surface area contributed by atoms with Crippen molar-refractivity contribution >= 4 is 33.6 Å². The molecular formula is C40H69N5O6S. The second-order valence-corrected chi connectivity index (χ2v) is 21.2. The van der Waals surface area contributed by atoms with Gasteiger partial charge < -0.3 is 26.2 Å². The van der Waals surface area contributed by atoms with Gasteiger partial charge in [0.05, 0.1) is 16.0 Å². The lowest BCUT2D eigenvalue weighted by Crippen LogP contribution is -2.64. The zero-order valence-electron chi connectivity index (χ0n) is 33.2. The maximum Gasteiger partial charge on any atom is 0.315 e. The van der Waals surface area contributed by atoms with Gasteiger partial charge in [-0.2, -0.15) is 0 Å². The first kappa shape index (κ1) is 42.1. The van der Waals surface area contributed by atoms with Crippen LogP contribution in [0.15, 0.2) is 12.7 Å². The highest BCUT2D eigenvalue weighted by molar-refractivity contribution is 7.92. The molecule has 3 aliphatic carbocycles. The van der Waals surface area contributed by atoms with Gasteiger partial charge in [0.25, 0.3) is 0 Å². The zero-order valence-corrected chi connectivity index (χ0v) is 34.0. The van der Waals surface area contributed by atoms with E-state index in [2.05, 4.69) is 48.6 Å². The Hall–Kier alpha value is -2.63. The summed E-state index contributed by atoms with van der Waals surface area (Å²) < 4.78 is 26.0. The quantitative estimate of drug-likeness (QED) is 0.165. The second kappa shape index (κ2) is 16.8. The monoisotopic (exact) mass is 747 g/mol. The number of hydrogen-bond donors (Lipinski definition) is 4. The molecule has 0 aromatic carbocycles. The van der Waals surface area contributed by atoms with E-state index in [4.69, 9.17) is 0 Å². The first-order valence-electron chi connectivity index (χ1n) is 20.1. The van der Waals surface area contributed by atoms with Gasteiger partial charge in [-0.05, 0) is 88.4 Å². The topological polar surface area (TPSA) is 154 Å². The minimum Gasteiger partial charge on any atom is -0.353 e. The van der Waals surface area contributed by atoms with Gasteiger partial charge in [0, 0.05) is 25.6 Å². The maximum absolute atomic E-state index is 15.1.